The van der Waals surface area contributed by atoms with Gasteiger partial charge in [0.05, 0.1) is 0 Å². The van der Waals surface area contributed by atoms with Crippen molar-refractivity contribution in [3.63, 3.8) is 0 Å². The van der Waals surface area contributed by atoms with E-state index in [4.69, 9.17) is 5.11 Å². The Kier molecular flexibility index (Phi) is 3.89. The lowest BCUT2D eigenvalue weighted by molar-refractivity contribution is 0.244. The summed E-state index contributed by atoms with van der Waals surface area (Å²) in [5.74, 6) is -0.0530. The van der Waals surface area contributed by atoms with E-state index in [-0.39, 0.29) is 18.3 Å². The van der Waals surface area contributed by atoms with Crippen LogP contribution >= 0.6 is 0 Å². The lowest BCUT2D eigenvalue weighted by Gasteiger charge is -2.11. The molecule has 1 atom stereocenters. The maximum absolute atomic E-state index is 12.9. The minimum atomic E-state index is -0.232. The van der Waals surface area contributed by atoms with Crippen molar-refractivity contribution >= 4 is 5.69 Å². The Morgan fingerprint density at radius 2 is 2.14 bits per heavy atom. The van der Waals surface area contributed by atoms with Crippen LogP contribution in [0.4, 0.5) is 10.1 Å². The molecular formula is C11H16FNO. The fraction of sp³-hybridized carbons (Fsp3) is 0.455. The molecule has 1 aromatic carbocycles. The van der Waals surface area contributed by atoms with Gasteiger partial charge in [0, 0.05) is 18.8 Å². The molecule has 0 aliphatic carbocycles. The second-order valence-corrected chi connectivity index (χ2v) is 3.69. The molecule has 1 rings (SSSR count). The van der Waals surface area contributed by atoms with Crippen LogP contribution in [0.3, 0.4) is 0 Å². The lowest BCUT2D eigenvalue weighted by Crippen LogP contribution is -2.14. The molecule has 1 unspecified atom stereocenters. The zero-order chi connectivity index (χ0) is 10.6. The monoisotopic (exact) mass is 197 g/mol. The highest BCUT2D eigenvalue weighted by Crippen LogP contribution is 2.13. The maximum Gasteiger partial charge on any atom is 0.125 e. The van der Waals surface area contributed by atoms with E-state index in [2.05, 4.69) is 5.32 Å². The molecule has 0 spiro atoms. The molecule has 0 saturated carbocycles. The number of anilines is 1. The Balaban J connectivity index is 2.58. The summed E-state index contributed by atoms with van der Waals surface area (Å²) in [5, 5.41) is 11.9. The first-order valence-corrected chi connectivity index (χ1v) is 4.73. The molecule has 0 amide bonds. The first-order chi connectivity index (χ1) is 6.61. The summed E-state index contributed by atoms with van der Waals surface area (Å²) in [6.45, 7) is 4.57. The molecule has 0 bridgehead atoms. The Labute approximate surface area is 83.8 Å². The number of rotatable bonds is 4. The van der Waals surface area contributed by atoms with E-state index in [1.165, 1.54) is 12.1 Å². The average Bonchev–Trinajstić information content (AvgIpc) is 2.12. The molecule has 14 heavy (non-hydrogen) atoms. The molecule has 2 N–H and O–H groups in total. The maximum atomic E-state index is 12.9. The summed E-state index contributed by atoms with van der Waals surface area (Å²) < 4.78 is 12.9. The molecular weight excluding hydrogens is 181 g/mol. The largest absolute Gasteiger partial charge is 0.396 e. The van der Waals surface area contributed by atoms with Gasteiger partial charge in [-0.05, 0) is 36.6 Å². The molecule has 1 aromatic rings. The zero-order valence-corrected chi connectivity index (χ0v) is 8.55. The summed E-state index contributed by atoms with van der Waals surface area (Å²) in [7, 11) is 0. The van der Waals surface area contributed by atoms with Crippen LogP contribution in [0.2, 0.25) is 0 Å². The summed E-state index contributed by atoms with van der Waals surface area (Å²) in [4.78, 5) is 0. The average molecular weight is 197 g/mol. The predicted molar refractivity (Wildman–Crippen MR) is 55.9 cm³/mol. The standard InChI is InChI=1S/C11H16FNO/c1-8-3-10(12)5-11(4-8)13-6-9(2)7-14/h3-5,9,13-14H,6-7H2,1-2H3. The third-order valence-corrected chi connectivity index (χ3v) is 2.01. The van der Waals surface area contributed by atoms with Gasteiger partial charge in [0.25, 0.3) is 0 Å². The molecule has 0 radical (unpaired) electrons. The number of nitrogens with one attached hydrogen (secondary N) is 1. The molecule has 0 aromatic heterocycles. The van der Waals surface area contributed by atoms with E-state index < -0.39 is 0 Å². The van der Waals surface area contributed by atoms with Crippen molar-refractivity contribution in [2.45, 2.75) is 13.8 Å². The third-order valence-electron chi connectivity index (χ3n) is 2.01. The quantitative estimate of drug-likeness (QED) is 0.775. The molecule has 3 heteroatoms. The first-order valence-electron chi connectivity index (χ1n) is 4.73. The first kappa shape index (κ1) is 11.0. The number of aryl methyl sites for hydroxylation is 1. The van der Waals surface area contributed by atoms with Gasteiger partial charge in [-0.1, -0.05) is 6.92 Å². The third kappa shape index (κ3) is 3.34. The Morgan fingerprint density at radius 1 is 1.43 bits per heavy atom. The highest BCUT2D eigenvalue weighted by Gasteiger charge is 2.01. The van der Waals surface area contributed by atoms with Crippen LogP contribution in [0.5, 0.6) is 0 Å². The lowest BCUT2D eigenvalue weighted by atomic mass is 10.2. The van der Waals surface area contributed by atoms with Crippen LogP contribution in [0, 0.1) is 18.7 Å². The highest BCUT2D eigenvalue weighted by molar-refractivity contribution is 5.45. The Hall–Kier alpha value is -1.09. The van der Waals surface area contributed by atoms with Gasteiger partial charge in [-0.3, -0.25) is 0 Å². The molecule has 2 nitrogen and oxygen atoms in total. The smallest absolute Gasteiger partial charge is 0.125 e. The SMILES string of the molecule is Cc1cc(F)cc(NCC(C)CO)c1. The van der Waals surface area contributed by atoms with E-state index in [1.807, 2.05) is 19.9 Å². The van der Waals surface area contributed by atoms with Crippen molar-refractivity contribution in [3.8, 4) is 0 Å². The minimum Gasteiger partial charge on any atom is -0.396 e. The normalized spacial score (nSPS) is 12.6. The van der Waals surface area contributed by atoms with Crippen LogP contribution in [-0.4, -0.2) is 18.3 Å². The van der Waals surface area contributed by atoms with E-state index in [9.17, 15) is 4.39 Å². The van der Waals surface area contributed by atoms with Gasteiger partial charge in [-0.25, -0.2) is 4.39 Å². The van der Waals surface area contributed by atoms with Crippen LogP contribution in [0.1, 0.15) is 12.5 Å². The Bertz CT molecular complexity index is 281. The fourth-order valence-electron chi connectivity index (χ4n) is 1.20. The number of benzene rings is 1. The summed E-state index contributed by atoms with van der Waals surface area (Å²) >= 11 is 0. The van der Waals surface area contributed by atoms with Gasteiger partial charge in [-0.15, -0.1) is 0 Å². The molecule has 0 aliphatic rings. The van der Waals surface area contributed by atoms with Crippen molar-refractivity contribution in [2.75, 3.05) is 18.5 Å². The van der Waals surface area contributed by atoms with Crippen LogP contribution in [0.15, 0.2) is 18.2 Å². The van der Waals surface area contributed by atoms with Crippen LogP contribution < -0.4 is 5.32 Å². The van der Waals surface area contributed by atoms with Gasteiger partial charge in [0.1, 0.15) is 5.82 Å². The van der Waals surface area contributed by atoms with Crippen LogP contribution in [0.25, 0.3) is 0 Å². The predicted octanol–water partition coefficient (Wildman–Crippen LogP) is 2.17. The zero-order valence-electron chi connectivity index (χ0n) is 8.55. The summed E-state index contributed by atoms with van der Waals surface area (Å²) in [6, 6.07) is 4.82. The number of hydrogen-bond donors (Lipinski definition) is 2. The number of hydrogen-bond acceptors (Lipinski definition) is 2. The number of halogens is 1. The van der Waals surface area contributed by atoms with Crippen molar-refractivity contribution in [1.82, 2.24) is 0 Å². The number of aliphatic hydroxyl groups is 1. The molecule has 78 valence electrons. The summed E-state index contributed by atoms with van der Waals surface area (Å²) in [6.07, 6.45) is 0. The van der Waals surface area contributed by atoms with E-state index >= 15 is 0 Å². The van der Waals surface area contributed by atoms with E-state index in [0.717, 1.165) is 11.3 Å². The van der Waals surface area contributed by atoms with Gasteiger partial charge in [0.2, 0.25) is 0 Å². The van der Waals surface area contributed by atoms with Gasteiger partial charge < -0.3 is 10.4 Å². The van der Waals surface area contributed by atoms with Gasteiger partial charge in [-0.2, -0.15) is 0 Å². The second-order valence-electron chi connectivity index (χ2n) is 3.69. The van der Waals surface area contributed by atoms with Gasteiger partial charge >= 0.3 is 0 Å². The molecule has 0 saturated heterocycles. The van der Waals surface area contributed by atoms with Crippen molar-refractivity contribution in [2.24, 2.45) is 5.92 Å². The van der Waals surface area contributed by atoms with E-state index in [0.29, 0.717) is 6.54 Å². The second kappa shape index (κ2) is 4.96. The van der Waals surface area contributed by atoms with Crippen LogP contribution in [-0.2, 0) is 0 Å². The van der Waals surface area contributed by atoms with Gasteiger partial charge in [0.15, 0.2) is 0 Å². The molecule has 0 fully saturated rings. The van der Waals surface area contributed by atoms with Crippen molar-refractivity contribution < 1.29 is 9.50 Å². The fourth-order valence-corrected chi connectivity index (χ4v) is 1.20. The Morgan fingerprint density at radius 3 is 2.71 bits per heavy atom. The number of aliphatic hydroxyl groups excluding tert-OH is 1. The molecule has 0 aliphatic heterocycles. The highest BCUT2D eigenvalue weighted by atomic mass is 19.1. The van der Waals surface area contributed by atoms with Crippen molar-refractivity contribution in [3.05, 3.63) is 29.6 Å². The molecule has 0 heterocycles. The summed E-state index contributed by atoms with van der Waals surface area (Å²) in [5.41, 5.74) is 1.66. The van der Waals surface area contributed by atoms with Crippen molar-refractivity contribution in [1.29, 1.82) is 0 Å². The van der Waals surface area contributed by atoms with E-state index in [1.54, 1.807) is 0 Å². The minimum absolute atomic E-state index is 0.140. The topological polar surface area (TPSA) is 32.3 Å².